The molecular formula is C11H12BrF2N3O2. The second-order valence-electron chi connectivity index (χ2n) is 4.48. The molecule has 0 bridgehead atoms. The Morgan fingerprint density at radius 3 is 2.84 bits per heavy atom. The predicted octanol–water partition coefficient (Wildman–Crippen LogP) is 1.08. The summed E-state index contributed by atoms with van der Waals surface area (Å²) < 4.78 is 27.5. The van der Waals surface area contributed by atoms with Gasteiger partial charge in [-0.3, -0.25) is 14.9 Å². The molecule has 0 aromatic carbocycles. The van der Waals surface area contributed by atoms with E-state index in [4.69, 9.17) is 0 Å². The maximum atomic E-state index is 13.0. The van der Waals surface area contributed by atoms with Crippen molar-refractivity contribution in [2.24, 2.45) is 7.05 Å². The highest BCUT2D eigenvalue weighted by atomic mass is 79.9. The van der Waals surface area contributed by atoms with Crippen molar-refractivity contribution in [3.8, 4) is 0 Å². The van der Waals surface area contributed by atoms with E-state index in [-0.39, 0.29) is 10.0 Å². The van der Waals surface area contributed by atoms with Gasteiger partial charge in [-0.1, -0.05) is 0 Å². The maximum Gasteiger partial charge on any atom is 0.264 e. The highest BCUT2D eigenvalue weighted by Gasteiger charge is 2.42. The lowest BCUT2D eigenvalue weighted by molar-refractivity contribution is -0.118. The Balaban J connectivity index is 2.10. The Labute approximate surface area is 116 Å². The summed E-state index contributed by atoms with van der Waals surface area (Å²) in [6.45, 7) is -0.498. The molecule has 0 radical (unpaired) electrons. The van der Waals surface area contributed by atoms with E-state index >= 15 is 0 Å². The van der Waals surface area contributed by atoms with Crippen LogP contribution in [0.5, 0.6) is 0 Å². The first-order chi connectivity index (χ1) is 8.78. The third-order valence-corrected chi connectivity index (χ3v) is 3.40. The van der Waals surface area contributed by atoms with Gasteiger partial charge in [0.15, 0.2) is 0 Å². The van der Waals surface area contributed by atoms with Gasteiger partial charge in [-0.2, -0.15) is 0 Å². The molecule has 2 N–H and O–H groups in total. The normalized spacial score (nSPS) is 21.4. The Bertz CT molecular complexity index is 547. The number of alkyl halides is 2. The summed E-state index contributed by atoms with van der Waals surface area (Å²) in [6.07, 6.45) is 0.907. The van der Waals surface area contributed by atoms with Gasteiger partial charge in [0.05, 0.1) is 22.7 Å². The van der Waals surface area contributed by atoms with Gasteiger partial charge >= 0.3 is 0 Å². The minimum atomic E-state index is -2.86. The van der Waals surface area contributed by atoms with E-state index in [0.717, 1.165) is 0 Å². The predicted molar refractivity (Wildman–Crippen MR) is 69.4 cm³/mol. The third kappa shape index (κ3) is 3.19. The fourth-order valence-electron chi connectivity index (χ4n) is 1.87. The number of hydrogen-bond acceptors (Lipinski definition) is 3. The lowest BCUT2D eigenvalue weighted by Gasteiger charge is -2.12. The number of carbonyl (C=O) groups is 1. The van der Waals surface area contributed by atoms with Crippen molar-refractivity contribution in [2.75, 3.05) is 11.9 Å². The number of pyridine rings is 1. The van der Waals surface area contributed by atoms with Crippen molar-refractivity contribution in [1.29, 1.82) is 0 Å². The molecular weight excluding hydrogens is 324 g/mol. The minimum absolute atomic E-state index is 0.247. The summed E-state index contributed by atoms with van der Waals surface area (Å²) in [5, 5.41) is 4.97. The average Bonchev–Trinajstić information content (AvgIpc) is 2.66. The van der Waals surface area contributed by atoms with Crippen molar-refractivity contribution in [2.45, 2.75) is 18.4 Å². The summed E-state index contributed by atoms with van der Waals surface area (Å²) in [4.78, 5) is 23.2. The lowest BCUT2D eigenvalue weighted by atomic mass is 10.2. The van der Waals surface area contributed by atoms with Crippen LogP contribution in [0.15, 0.2) is 21.5 Å². The second-order valence-corrected chi connectivity index (χ2v) is 5.33. The van der Waals surface area contributed by atoms with Gasteiger partial charge in [0.25, 0.3) is 11.5 Å². The number of carbonyl (C=O) groups excluding carboxylic acids is 1. The highest BCUT2D eigenvalue weighted by Crippen LogP contribution is 2.25. The van der Waals surface area contributed by atoms with Crippen LogP contribution in [0.25, 0.3) is 0 Å². The van der Waals surface area contributed by atoms with Gasteiger partial charge in [0, 0.05) is 19.7 Å². The number of aryl methyl sites for hydroxylation is 1. The van der Waals surface area contributed by atoms with Crippen molar-refractivity contribution in [3.05, 3.63) is 27.1 Å². The summed E-state index contributed by atoms with van der Waals surface area (Å²) in [6, 6.07) is 0.513. The number of anilines is 1. The van der Waals surface area contributed by atoms with Gasteiger partial charge in [0.2, 0.25) is 5.91 Å². The van der Waals surface area contributed by atoms with E-state index in [1.807, 2.05) is 0 Å². The van der Waals surface area contributed by atoms with Gasteiger partial charge < -0.3 is 9.88 Å². The molecule has 8 heteroatoms. The molecule has 1 saturated heterocycles. The average molecular weight is 336 g/mol. The molecule has 104 valence electrons. The van der Waals surface area contributed by atoms with Crippen molar-refractivity contribution >= 4 is 27.5 Å². The summed E-state index contributed by atoms with van der Waals surface area (Å²) in [5.41, 5.74) is 0.125. The maximum absolute atomic E-state index is 13.0. The SMILES string of the molecule is Cn1cc(NC(=O)C2CC(F)(F)CN2)cc(Br)c1=O. The van der Waals surface area contributed by atoms with Crippen molar-refractivity contribution in [1.82, 2.24) is 9.88 Å². The Morgan fingerprint density at radius 2 is 2.32 bits per heavy atom. The molecule has 1 aliphatic heterocycles. The van der Waals surface area contributed by atoms with E-state index in [2.05, 4.69) is 26.6 Å². The third-order valence-electron chi connectivity index (χ3n) is 2.83. The monoisotopic (exact) mass is 335 g/mol. The van der Waals surface area contributed by atoms with Crippen LogP contribution in [0.3, 0.4) is 0 Å². The van der Waals surface area contributed by atoms with Crippen LogP contribution < -0.4 is 16.2 Å². The fourth-order valence-corrected chi connectivity index (χ4v) is 2.40. The standard InChI is InChI=1S/C11H12BrF2N3O2/c1-17-4-6(2-7(12)10(17)19)16-9(18)8-3-11(13,14)5-15-8/h2,4,8,15H,3,5H2,1H3,(H,16,18). The van der Waals surface area contributed by atoms with Crippen LogP contribution in [0.4, 0.5) is 14.5 Å². The largest absolute Gasteiger partial charge is 0.323 e. The van der Waals surface area contributed by atoms with E-state index in [0.29, 0.717) is 5.69 Å². The number of halogens is 3. The molecule has 2 rings (SSSR count). The lowest BCUT2D eigenvalue weighted by Crippen LogP contribution is -2.35. The van der Waals surface area contributed by atoms with E-state index in [9.17, 15) is 18.4 Å². The molecule has 1 unspecified atom stereocenters. The van der Waals surface area contributed by atoms with E-state index in [1.165, 1.54) is 23.9 Å². The molecule has 0 aliphatic carbocycles. The van der Waals surface area contributed by atoms with Gasteiger partial charge in [-0.15, -0.1) is 0 Å². The van der Waals surface area contributed by atoms with Crippen molar-refractivity contribution in [3.63, 3.8) is 0 Å². The molecule has 1 fully saturated rings. The van der Waals surface area contributed by atoms with Crippen molar-refractivity contribution < 1.29 is 13.6 Å². The number of nitrogens with one attached hydrogen (secondary N) is 2. The molecule has 1 aromatic rings. The molecule has 2 heterocycles. The number of rotatable bonds is 2. The number of hydrogen-bond donors (Lipinski definition) is 2. The highest BCUT2D eigenvalue weighted by molar-refractivity contribution is 9.10. The molecule has 1 aromatic heterocycles. The molecule has 0 saturated carbocycles. The second kappa shape index (κ2) is 5.01. The molecule has 1 atom stereocenters. The molecule has 5 nitrogen and oxygen atoms in total. The summed E-state index contributed by atoms with van der Waals surface area (Å²) in [7, 11) is 1.53. The van der Waals surface area contributed by atoms with E-state index in [1.54, 1.807) is 0 Å². The quantitative estimate of drug-likeness (QED) is 0.850. The van der Waals surface area contributed by atoms with Crippen LogP contribution in [-0.4, -0.2) is 29.0 Å². The summed E-state index contributed by atoms with van der Waals surface area (Å²) >= 11 is 3.07. The minimum Gasteiger partial charge on any atom is -0.323 e. The van der Waals surface area contributed by atoms with Gasteiger partial charge in [-0.05, 0) is 22.0 Å². The number of amides is 1. The topological polar surface area (TPSA) is 63.1 Å². The first kappa shape index (κ1) is 14.1. The van der Waals surface area contributed by atoms with Crippen LogP contribution in [0.1, 0.15) is 6.42 Å². The smallest absolute Gasteiger partial charge is 0.264 e. The van der Waals surface area contributed by atoms with Crippen LogP contribution >= 0.6 is 15.9 Å². The first-order valence-electron chi connectivity index (χ1n) is 5.57. The Morgan fingerprint density at radius 1 is 1.63 bits per heavy atom. The van der Waals surface area contributed by atoms with E-state index < -0.39 is 30.8 Å². The molecule has 1 aliphatic rings. The molecule has 0 spiro atoms. The van der Waals surface area contributed by atoms with Crippen LogP contribution in [0, 0.1) is 0 Å². The van der Waals surface area contributed by atoms with Crippen LogP contribution in [-0.2, 0) is 11.8 Å². The zero-order chi connectivity index (χ0) is 14.2. The Hall–Kier alpha value is -1.28. The van der Waals surface area contributed by atoms with Crippen LogP contribution in [0.2, 0.25) is 0 Å². The first-order valence-corrected chi connectivity index (χ1v) is 6.36. The summed E-state index contributed by atoms with van der Waals surface area (Å²) in [5.74, 6) is -3.39. The number of nitrogens with zero attached hydrogens (tertiary/aromatic N) is 1. The Kier molecular flexibility index (Phi) is 3.73. The molecule has 1 amide bonds. The van der Waals surface area contributed by atoms with Gasteiger partial charge in [-0.25, -0.2) is 8.78 Å². The zero-order valence-corrected chi connectivity index (χ0v) is 11.6. The zero-order valence-electron chi connectivity index (χ0n) is 10.0. The fraction of sp³-hybridized carbons (Fsp3) is 0.455. The van der Waals surface area contributed by atoms with Gasteiger partial charge in [0.1, 0.15) is 0 Å². The molecule has 19 heavy (non-hydrogen) atoms. The number of aromatic nitrogens is 1.